The van der Waals surface area contributed by atoms with Crippen LogP contribution in [0.5, 0.6) is 0 Å². The van der Waals surface area contributed by atoms with Crippen molar-refractivity contribution in [1.29, 1.82) is 0 Å². The Balaban J connectivity index is 3.95. The second-order valence-corrected chi connectivity index (χ2v) is 13.5. The molecule has 0 rings (SSSR count). The zero-order chi connectivity index (χ0) is 33.3. The summed E-state index contributed by atoms with van der Waals surface area (Å²) < 4.78 is 26.2. The molecule has 0 unspecified atom stereocenters. The Hall–Kier alpha value is -1.47. The Morgan fingerprint density at radius 3 is 1.51 bits per heavy atom. The number of phosphoric ester groups is 1. The maximum Gasteiger partial charge on any atom is 0.469 e. The smallest absolute Gasteiger partial charge is 0.462 e. The number of allylic oxidation sites excluding steroid dienone is 3. The van der Waals surface area contributed by atoms with Gasteiger partial charge in [0, 0.05) is 12.8 Å². The molecule has 0 amide bonds. The van der Waals surface area contributed by atoms with E-state index in [9.17, 15) is 14.2 Å². The maximum absolute atomic E-state index is 12.3. The van der Waals surface area contributed by atoms with Gasteiger partial charge in [0.15, 0.2) is 6.10 Å². The van der Waals surface area contributed by atoms with Crippen LogP contribution < -0.4 is 0 Å². The van der Waals surface area contributed by atoms with Crippen molar-refractivity contribution in [1.82, 2.24) is 0 Å². The lowest BCUT2D eigenvalue weighted by Gasteiger charge is -2.18. The molecule has 0 spiro atoms. The molecule has 0 radical (unpaired) electrons. The monoisotopic (exact) mass is 658 g/mol. The normalized spacial score (nSPS) is 12.4. The van der Waals surface area contributed by atoms with E-state index >= 15 is 0 Å². The standard InChI is InChI=1S/C36H67O8P/c1-3-5-7-9-11-13-15-17-18-19-21-22-24-26-28-30-35(37)42-32-34(33-43-45(39,40)41)44-36(38)31-29-27-25-23-20-16-14-12-10-8-6-4-2/h3,12,14,34H,1,4-11,13,15-33H2,2H3,(H2,39,40,41)/b14-12+/t34-/m1/s1. The Morgan fingerprint density at radius 1 is 0.622 bits per heavy atom. The molecule has 0 aromatic carbocycles. The van der Waals surface area contributed by atoms with Crippen molar-refractivity contribution in [3.8, 4) is 0 Å². The van der Waals surface area contributed by atoms with Crippen LogP contribution in [0.15, 0.2) is 24.8 Å². The summed E-state index contributed by atoms with van der Waals surface area (Å²) in [5.74, 6) is -0.896. The van der Waals surface area contributed by atoms with Gasteiger partial charge in [-0.1, -0.05) is 128 Å². The zero-order valence-corrected chi connectivity index (χ0v) is 29.5. The van der Waals surface area contributed by atoms with E-state index in [0.29, 0.717) is 6.42 Å². The molecule has 264 valence electrons. The molecule has 0 aliphatic carbocycles. The second-order valence-electron chi connectivity index (χ2n) is 12.3. The van der Waals surface area contributed by atoms with Gasteiger partial charge in [-0.3, -0.25) is 14.1 Å². The van der Waals surface area contributed by atoms with Crippen molar-refractivity contribution in [2.75, 3.05) is 13.2 Å². The molecule has 2 N–H and O–H groups in total. The van der Waals surface area contributed by atoms with E-state index in [0.717, 1.165) is 64.2 Å². The fraction of sp³-hybridized carbons (Fsp3) is 0.833. The van der Waals surface area contributed by atoms with Gasteiger partial charge in [0.2, 0.25) is 0 Å². The summed E-state index contributed by atoms with van der Waals surface area (Å²) in [5.41, 5.74) is 0. The van der Waals surface area contributed by atoms with Gasteiger partial charge in [-0.25, -0.2) is 4.57 Å². The molecule has 8 nitrogen and oxygen atoms in total. The minimum atomic E-state index is -4.75. The van der Waals surface area contributed by atoms with E-state index in [-0.39, 0.29) is 19.4 Å². The minimum absolute atomic E-state index is 0.202. The SMILES string of the molecule is C=CCCCCCCCCCCCCCCCC(=O)OC[C@H](COP(=O)(O)O)OC(=O)CCCCCCC/C=C/CCCCC. The van der Waals surface area contributed by atoms with Crippen LogP contribution in [0.25, 0.3) is 0 Å². The van der Waals surface area contributed by atoms with E-state index in [1.807, 2.05) is 6.08 Å². The van der Waals surface area contributed by atoms with Crippen LogP contribution in [0.2, 0.25) is 0 Å². The number of rotatable bonds is 34. The minimum Gasteiger partial charge on any atom is -0.462 e. The molecule has 0 bridgehead atoms. The predicted molar refractivity (Wildman–Crippen MR) is 184 cm³/mol. The lowest BCUT2D eigenvalue weighted by molar-refractivity contribution is -0.161. The van der Waals surface area contributed by atoms with Crippen LogP contribution >= 0.6 is 7.82 Å². The Morgan fingerprint density at radius 2 is 1.04 bits per heavy atom. The molecular formula is C36H67O8P. The number of carbonyl (C=O) groups is 2. The van der Waals surface area contributed by atoms with Gasteiger partial charge in [0.05, 0.1) is 6.61 Å². The fourth-order valence-corrected chi connectivity index (χ4v) is 5.47. The quantitative estimate of drug-likeness (QED) is 0.0303. The molecule has 0 aromatic rings. The Bertz CT molecular complexity index is 779. The largest absolute Gasteiger partial charge is 0.469 e. The molecular weight excluding hydrogens is 591 g/mol. The third-order valence-electron chi connectivity index (χ3n) is 7.84. The highest BCUT2D eigenvalue weighted by Gasteiger charge is 2.22. The maximum atomic E-state index is 12.3. The van der Waals surface area contributed by atoms with Gasteiger partial charge in [0.25, 0.3) is 0 Å². The molecule has 0 aliphatic heterocycles. The van der Waals surface area contributed by atoms with Gasteiger partial charge in [0.1, 0.15) is 6.61 Å². The lowest BCUT2D eigenvalue weighted by atomic mass is 10.0. The van der Waals surface area contributed by atoms with Gasteiger partial charge in [-0.2, -0.15) is 0 Å². The molecule has 0 aliphatic rings. The lowest BCUT2D eigenvalue weighted by Crippen LogP contribution is -2.29. The molecule has 45 heavy (non-hydrogen) atoms. The number of phosphoric acid groups is 1. The van der Waals surface area contributed by atoms with E-state index in [1.54, 1.807) is 0 Å². The first-order valence-electron chi connectivity index (χ1n) is 18.1. The summed E-state index contributed by atoms with van der Waals surface area (Å²) in [6.07, 6.45) is 33.6. The van der Waals surface area contributed by atoms with Crippen LogP contribution in [-0.2, 0) is 28.2 Å². The van der Waals surface area contributed by atoms with E-state index in [1.165, 1.54) is 83.5 Å². The number of unbranched alkanes of at least 4 members (excludes halogenated alkanes) is 21. The van der Waals surface area contributed by atoms with Crippen LogP contribution in [0.4, 0.5) is 0 Å². The van der Waals surface area contributed by atoms with Crippen molar-refractivity contribution >= 4 is 19.8 Å². The van der Waals surface area contributed by atoms with Gasteiger partial charge in [-0.15, -0.1) is 6.58 Å². The summed E-state index contributed by atoms with van der Waals surface area (Å²) in [6.45, 7) is 5.15. The number of ether oxygens (including phenoxy) is 2. The van der Waals surface area contributed by atoms with Crippen molar-refractivity contribution in [2.45, 2.75) is 180 Å². The highest BCUT2D eigenvalue weighted by Crippen LogP contribution is 2.36. The summed E-state index contributed by atoms with van der Waals surface area (Å²) in [4.78, 5) is 42.6. The Kier molecular flexibility index (Phi) is 31.4. The third-order valence-corrected chi connectivity index (χ3v) is 8.32. The average molecular weight is 659 g/mol. The summed E-state index contributed by atoms with van der Waals surface area (Å²) in [7, 11) is -4.75. The second kappa shape index (κ2) is 32.5. The predicted octanol–water partition coefficient (Wildman–Crippen LogP) is 10.5. The van der Waals surface area contributed by atoms with Crippen molar-refractivity contribution in [3.63, 3.8) is 0 Å². The first-order valence-corrected chi connectivity index (χ1v) is 19.6. The summed E-state index contributed by atoms with van der Waals surface area (Å²) in [6, 6.07) is 0. The highest BCUT2D eigenvalue weighted by atomic mass is 31.2. The summed E-state index contributed by atoms with van der Waals surface area (Å²) >= 11 is 0. The Labute approximate surface area is 275 Å². The first-order chi connectivity index (χ1) is 21.8. The topological polar surface area (TPSA) is 119 Å². The third kappa shape index (κ3) is 35.2. The zero-order valence-electron chi connectivity index (χ0n) is 28.6. The molecule has 0 saturated heterocycles. The van der Waals surface area contributed by atoms with Gasteiger partial charge in [-0.05, 0) is 51.4 Å². The number of carbonyl (C=O) groups excluding carboxylic acids is 2. The van der Waals surface area contributed by atoms with Crippen LogP contribution in [-0.4, -0.2) is 41.0 Å². The highest BCUT2D eigenvalue weighted by molar-refractivity contribution is 7.46. The summed E-state index contributed by atoms with van der Waals surface area (Å²) in [5, 5.41) is 0. The molecule has 0 heterocycles. The first kappa shape index (κ1) is 43.5. The van der Waals surface area contributed by atoms with Gasteiger partial charge < -0.3 is 19.3 Å². The van der Waals surface area contributed by atoms with Crippen LogP contribution in [0.1, 0.15) is 174 Å². The molecule has 0 aromatic heterocycles. The van der Waals surface area contributed by atoms with Crippen molar-refractivity contribution in [3.05, 3.63) is 24.8 Å². The van der Waals surface area contributed by atoms with Crippen molar-refractivity contribution < 1.29 is 37.9 Å². The fourth-order valence-electron chi connectivity index (χ4n) is 5.11. The van der Waals surface area contributed by atoms with Gasteiger partial charge >= 0.3 is 19.8 Å². The van der Waals surface area contributed by atoms with Crippen LogP contribution in [0.3, 0.4) is 0 Å². The molecule has 0 saturated carbocycles. The average Bonchev–Trinajstić information content (AvgIpc) is 3.00. The number of hydrogen-bond donors (Lipinski definition) is 2. The molecule has 1 atom stereocenters. The number of esters is 2. The van der Waals surface area contributed by atoms with E-state index in [4.69, 9.17) is 19.3 Å². The molecule has 9 heteroatoms. The van der Waals surface area contributed by atoms with E-state index < -0.39 is 32.5 Å². The van der Waals surface area contributed by atoms with E-state index in [2.05, 4.69) is 30.2 Å². The van der Waals surface area contributed by atoms with Crippen LogP contribution in [0, 0.1) is 0 Å². The number of hydrogen-bond acceptors (Lipinski definition) is 6. The van der Waals surface area contributed by atoms with Crippen molar-refractivity contribution in [2.24, 2.45) is 0 Å². The molecule has 0 fully saturated rings.